The van der Waals surface area contributed by atoms with E-state index in [1.807, 2.05) is 0 Å². The highest BCUT2D eigenvalue weighted by Gasteiger charge is 2.05. The lowest BCUT2D eigenvalue weighted by Crippen LogP contribution is -2.07. The first-order chi connectivity index (χ1) is 6.81. The number of hydrogen-bond acceptors (Lipinski definition) is 4. The van der Waals surface area contributed by atoms with E-state index in [0.29, 0.717) is 5.69 Å². The van der Waals surface area contributed by atoms with Gasteiger partial charge in [0.2, 0.25) is 0 Å². The fraction of sp³-hybridized carbons (Fsp3) is 0.375. The van der Waals surface area contributed by atoms with Gasteiger partial charge in [-0.3, -0.25) is 0 Å². The average Bonchev–Trinajstić information content (AvgIpc) is 2.74. The van der Waals surface area contributed by atoms with Gasteiger partial charge in [-0.1, -0.05) is 12.1 Å². The number of aryl methyl sites for hydroxylation is 1. The summed E-state index contributed by atoms with van der Waals surface area (Å²) in [7, 11) is 0. The first-order valence-electron chi connectivity index (χ1n) is 4.50. The zero-order valence-corrected chi connectivity index (χ0v) is 7.96. The van der Waals surface area contributed by atoms with Crippen molar-refractivity contribution in [1.29, 1.82) is 0 Å². The van der Waals surface area contributed by atoms with Crippen LogP contribution in [0.15, 0.2) is 18.6 Å². The van der Waals surface area contributed by atoms with Gasteiger partial charge in [0.25, 0.3) is 0 Å². The van der Waals surface area contributed by atoms with Crippen molar-refractivity contribution in [2.24, 2.45) is 0 Å². The monoisotopic (exact) mass is 192 g/mol. The molecule has 6 nitrogen and oxygen atoms in total. The highest BCUT2D eigenvalue weighted by Crippen LogP contribution is 2.07. The Labute approximate surface area is 81.3 Å². The zero-order chi connectivity index (χ0) is 9.97. The average molecular weight is 192 g/mol. The van der Waals surface area contributed by atoms with E-state index in [1.54, 1.807) is 28.0 Å². The summed E-state index contributed by atoms with van der Waals surface area (Å²) in [6.45, 7) is 2.91. The molecule has 0 unspecified atom stereocenters. The summed E-state index contributed by atoms with van der Waals surface area (Å²) in [5.41, 5.74) is 6.21. The number of rotatable bonds is 3. The fourth-order valence-electron chi connectivity index (χ4n) is 1.26. The van der Waals surface area contributed by atoms with Gasteiger partial charge >= 0.3 is 0 Å². The topological polar surface area (TPSA) is 74.5 Å². The Morgan fingerprint density at radius 1 is 1.43 bits per heavy atom. The lowest BCUT2D eigenvalue weighted by molar-refractivity contribution is 0.559. The molecule has 0 fully saturated rings. The molecular weight excluding hydrogens is 180 g/mol. The van der Waals surface area contributed by atoms with Crippen molar-refractivity contribution in [3.63, 3.8) is 0 Å². The Morgan fingerprint density at radius 2 is 2.29 bits per heavy atom. The molecule has 2 aromatic heterocycles. The molecule has 0 saturated heterocycles. The van der Waals surface area contributed by atoms with Crippen molar-refractivity contribution in [3.05, 3.63) is 18.6 Å². The molecule has 0 aromatic carbocycles. The van der Waals surface area contributed by atoms with Gasteiger partial charge in [-0.25, -0.2) is 9.36 Å². The third-order valence-electron chi connectivity index (χ3n) is 1.87. The number of nitrogens with two attached hydrogens (primary N) is 1. The van der Waals surface area contributed by atoms with E-state index in [4.69, 9.17) is 5.73 Å². The summed E-state index contributed by atoms with van der Waals surface area (Å²) in [6.07, 6.45) is 6.02. The van der Waals surface area contributed by atoms with E-state index in [1.165, 1.54) is 0 Å². The Morgan fingerprint density at radius 3 is 2.93 bits per heavy atom. The Kier molecular flexibility index (Phi) is 2.18. The summed E-state index contributed by atoms with van der Waals surface area (Å²) < 4.78 is 3.47. The van der Waals surface area contributed by atoms with E-state index >= 15 is 0 Å². The minimum Gasteiger partial charge on any atom is -0.396 e. The molecular formula is C8H12N6. The summed E-state index contributed by atoms with van der Waals surface area (Å²) in [4.78, 5) is 0. The van der Waals surface area contributed by atoms with Crippen LogP contribution in [0.25, 0.3) is 5.82 Å². The summed E-state index contributed by atoms with van der Waals surface area (Å²) in [5, 5.41) is 11.9. The number of anilines is 1. The Balaban J connectivity index is 2.36. The molecule has 0 bridgehead atoms. The van der Waals surface area contributed by atoms with E-state index in [-0.39, 0.29) is 0 Å². The van der Waals surface area contributed by atoms with Gasteiger partial charge < -0.3 is 5.73 Å². The Bertz CT molecular complexity index is 415. The van der Waals surface area contributed by atoms with Crippen molar-refractivity contribution >= 4 is 5.69 Å². The van der Waals surface area contributed by atoms with Crippen LogP contribution in [-0.2, 0) is 6.54 Å². The summed E-state index contributed by atoms with van der Waals surface area (Å²) in [5.74, 6) is 0.837. The Hall–Kier alpha value is -1.85. The summed E-state index contributed by atoms with van der Waals surface area (Å²) >= 11 is 0. The molecule has 14 heavy (non-hydrogen) atoms. The quantitative estimate of drug-likeness (QED) is 0.766. The van der Waals surface area contributed by atoms with Crippen molar-refractivity contribution in [2.75, 3.05) is 5.73 Å². The molecule has 0 saturated carbocycles. The smallest absolute Gasteiger partial charge is 0.172 e. The van der Waals surface area contributed by atoms with Gasteiger partial charge in [0, 0.05) is 6.54 Å². The molecule has 0 aliphatic heterocycles. The second-order valence-corrected chi connectivity index (χ2v) is 3.03. The fourth-order valence-corrected chi connectivity index (χ4v) is 1.26. The maximum atomic E-state index is 5.58. The molecule has 0 radical (unpaired) electrons. The molecule has 0 aliphatic rings. The zero-order valence-electron chi connectivity index (χ0n) is 7.96. The molecule has 74 valence electrons. The van der Waals surface area contributed by atoms with Crippen LogP contribution >= 0.6 is 0 Å². The van der Waals surface area contributed by atoms with Crippen LogP contribution in [0.5, 0.6) is 0 Å². The van der Waals surface area contributed by atoms with Gasteiger partial charge in [0.1, 0.15) is 0 Å². The lowest BCUT2D eigenvalue weighted by Gasteiger charge is -2.02. The van der Waals surface area contributed by atoms with Crippen LogP contribution in [0.2, 0.25) is 0 Å². The summed E-state index contributed by atoms with van der Waals surface area (Å²) in [6, 6.07) is 0. The number of aromatic nitrogens is 5. The largest absolute Gasteiger partial charge is 0.396 e. The SMILES string of the molecule is CCCn1nncc1-n1cc(N)cn1. The predicted molar refractivity (Wildman–Crippen MR) is 51.8 cm³/mol. The second kappa shape index (κ2) is 3.49. The molecule has 2 heterocycles. The standard InChI is InChI=1S/C8H12N6/c1-2-3-13-8(5-10-12-13)14-6-7(9)4-11-14/h4-6H,2-3,9H2,1H3. The van der Waals surface area contributed by atoms with Crippen LogP contribution in [0, 0.1) is 0 Å². The van der Waals surface area contributed by atoms with Crippen LogP contribution in [0.3, 0.4) is 0 Å². The van der Waals surface area contributed by atoms with Crippen LogP contribution in [0.4, 0.5) is 5.69 Å². The van der Waals surface area contributed by atoms with Crippen molar-refractivity contribution in [3.8, 4) is 5.82 Å². The second-order valence-electron chi connectivity index (χ2n) is 3.03. The normalized spacial score (nSPS) is 10.6. The molecule has 0 atom stereocenters. The van der Waals surface area contributed by atoms with E-state index in [9.17, 15) is 0 Å². The predicted octanol–water partition coefficient (Wildman–Crippen LogP) is 0.456. The minimum absolute atomic E-state index is 0.634. The molecule has 0 amide bonds. The first kappa shape index (κ1) is 8.74. The van der Waals surface area contributed by atoms with Gasteiger partial charge in [0.15, 0.2) is 5.82 Å². The molecule has 6 heteroatoms. The van der Waals surface area contributed by atoms with Crippen LogP contribution in [-0.4, -0.2) is 24.8 Å². The maximum Gasteiger partial charge on any atom is 0.172 e. The molecule has 0 spiro atoms. The highest BCUT2D eigenvalue weighted by atomic mass is 15.5. The maximum absolute atomic E-state index is 5.58. The third-order valence-corrected chi connectivity index (χ3v) is 1.87. The molecule has 2 aromatic rings. The van der Waals surface area contributed by atoms with Crippen molar-refractivity contribution < 1.29 is 0 Å². The number of hydrogen-bond donors (Lipinski definition) is 1. The van der Waals surface area contributed by atoms with Gasteiger partial charge in [-0.2, -0.15) is 5.10 Å². The number of nitrogens with zero attached hydrogens (tertiary/aromatic N) is 5. The van der Waals surface area contributed by atoms with Gasteiger partial charge in [-0.15, -0.1) is 5.10 Å². The minimum atomic E-state index is 0.634. The molecule has 0 aliphatic carbocycles. The van der Waals surface area contributed by atoms with Crippen molar-refractivity contribution in [1.82, 2.24) is 24.8 Å². The van der Waals surface area contributed by atoms with Crippen molar-refractivity contribution in [2.45, 2.75) is 19.9 Å². The third kappa shape index (κ3) is 1.46. The lowest BCUT2D eigenvalue weighted by atomic mass is 10.5. The first-order valence-corrected chi connectivity index (χ1v) is 4.50. The number of nitrogen functional groups attached to an aromatic ring is 1. The molecule has 2 N–H and O–H groups in total. The van der Waals surface area contributed by atoms with E-state index < -0.39 is 0 Å². The van der Waals surface area contributed by atoms with Crippen LogP contribution in [0.1, 0.15) is 13.3 Å². The molecule has 2 rings (SSSR count). The van der Waals surface area contributed by atoms with E-state index in [0.717, 1.165) is 18.8 Å². The van der Waals surface area contributed by atoms with E-state index in [2.05, 4.69) is 22.3 Å². The van der Waals surface area contributed by atoms with Gasteiger partial charge in [-0.05, 0) is 6.42 Å². The van der Waals surface area contributed by atoms with Crippen LogP contribution < -0.4 is 5.73 Å². The van der Waals surface area contributed by atoms with Gasteiger partial charge in [0.05, 0.1) is 24.3 Å². The highest BCUT2D eigenvalue weighted by molar-refractivity contribution is 5.34.